The summed E-state index contributed by atoms with van der Waals surface area (Å²) in [5, 5.41) is 0. The lowest BCUT2D eigenvalue weighted by molar-refractivity contribution is -0.147. The molecule has 126 valence electrons. The van der Waals surface area contributed by atoms with Crippen LogP contribution < -0.4 is 0 Å². The predicted octanol–water partition coefficient (Wildman–Crippen LogP) is 0.959. The van der Waals surface area contributed by atoms with E-state index in [-0.39, 0.29) is 12.0 Å². The molecule has 1 aliphatic carbocycles. The number of hydrogen-bond acceptors (Lipinski definition) is 4. The average molecular weight is 318 g/mol. The molecule has 5 nitrogen and oxygen atoms in total. The fourth-order valence-corrected chi connectivity index (χ4v) is 3.64. The quantitative estimate of drug-likeness (QED) is 0.829. The van der Waals surface area contributed by atoms with Gasteiger partial charge in [-0.15, -0.1) is 0 Å². The molecule has 1 saturated heterocycles. The van der Waals surface area contributed by atoms with E-state index < -0.39 is 5.54 Å². The lowest BCUT2D eigenvalue weighted by Crippen LogP contribution is -2.58. The van der Waals surface area contributed by atoms with Crippen LogP contribution in [0.3, 0.4) is 0 Å². The van der Waals surface area contributed by atoms with Gasteiger partial charge in [-0.05, 0) is 25.2 Å². The third-order valence-electron chi connectivity index (χ3n) is 5.05. The zero-order valence-electron chi connectivity index (χ0n) is 14.2. The minimum atomic E-state index is -0.492. The van der Waals surface area contributed by atoms with Crippen LogP contribution in [-0.4, -0.2) is 74.9 Å². The molecule has 1 fully saturated rings. The average Bonchev–Trinajstić information content (AvgIpc) is 2.96. The minimum absolute atomic E-state index is 0.0271. The highest BCUT2D eigenvalue weighted by Gasteiger charge is 2.47. The fourth-order valence-electron chi connectivity index (χ4n) is 3.64. The smallest absolute Gasteiger partial charge is 0.243 e. The van der Waals surface area contributed by atoms with Crippen LogP contribution in [0.25, 0.3) is 0 Å². The molecule has 1 aromatic rings. The SMILES string of the molecule is CN(CC1COCCO1)C(=O)C1(N(C)C)Cc2ccccc2C1. The normalized spacial score (nSPS) is 22.9. The summed E-state index contributed by atoms with van der Waals surface area (Å²) in [5.41, 5.74) is 2.06. The molecule has 0 aromatic heterocycles. The van der Waals surface area contributed by atoms with Gasteiger partial charge in [-0.2, -0.15) is 0 Å². The Kier molecular flexibility index (Phi) is 4.71. The molecule has 1 atom stereocenters. The summed E-state index contributed by atoms with van der Waals surface area (Å²) < 4.78 is 11.1. The zero-order chi connectivity index (χ0) is 16.4. The third kappa shape index (κ3) is 3.13. The number of nitrogens with zero attached hydrogens (tertiary/aromatic N) is 2. The second-order valence-electron chi connectivity index (χ2n) is 6.80. The van der Waals surface area contributed by atoms with Gasteiger partial charge in [-0.1, -0.05) is 24.3 Å². The number of ether oxygens (including phenoxy) is 2. The fraction of sp³-hybridized carbons (Fsp3) is 0.611. The van der Waals surface area contributed by atoms with E-state index in [1.807, 2.05) is 38.2 Å². The highest BCUT2D eigenvalue weighted by Crippen LogP contribution is 2.34. The summed E-state index contributed by atoms with van der Waals surface area (Å²) in [4.78, 5) is 17.1. The van der Waals surface area contributed by atoms with Gasteiger partial charge < -0.3 is 14.4 Å². The first-order chi connectivity index (χ1) is 11.0. The monoisotopic (exact) mass is 318 g/mol. The van der Waals surface area contributed by atoms with Gasteiger partial charge in [0.15, 0.2) is 0 Å². The molecular weight excluding hydrogens is 292 g/mol. The third-order valence-corrected chi connectivity index (χ3v) is 5.05. The largest absolute Gasteiger partial charge is 0.376 e. The van der Waals surface area contributed by atoms with Crippen LogP contribution >= 0.6 is 0 Å². The van der Waals surface area contributed by atoms with Crippen LogP contribution in [-0.2, 0) is 27.1 Å². The van der Waals surface area contributed by atoms with Crippen LogP contribution in [0.4, 0.5) is 0 Å². The standard InChI is InChI=1S/C18H26N2O3/c1-19(2)18(10-14-6-4-5-7-15(14)11-18)17(21)20(3)12-16-13-22-8-9-23-16/h4-7,16H,8-13H2,1-3H3. The van der Waals surface area contributed by atoms with Gasteiger partial charge in [0.25, 0.3) is 0 Å². The van der Waals surface area contributed by atoms with E-state index in [4.69, 9.17) is 9.47 Å². The highest BCUT2D eigenvalue weighted by molar-refractivity contribution is 5.88. The molecule has 1 unspecified atom stereocenters. The van der Waals surface area contributed by atoms with Crippen molar-refractivity contribution in [3.05, 3.63) is 35.4 Å². The number of carbonyl (C=O) groups excluding carboxylic acids is 1. The number of likely N-dealkylation sites (N-methyl/N-ethyl adjacent to an activating group) is 2. The van der Waals surface area contributed by atoms with Crippen molar-refractivity contribution in [2.75, 3.05) is 47.5 Å². The summed E-state index contributed by atoms with van der Waals surface area (Å²) in [5.74, 6) is 0.160. The second-order valence-corrected chi connectivity index (χ2v) is 6.80. The van der Waals surface area contributed by atoms with Gasteiger partial charge >= 0.3 is 0 Å². The first-order valence-electron chi connectivity index (χ1n) is 8.22. The van der Waals surface area contributed by atoms with Crippen molar-refractivity contribution in [3.63, 3.8) is 0 Å². The maximum Gasteiger partial charge on any atom is 0.243 e. The maximum absolute atomic E-state index is 13.2. The van der Waals surface area contributed by atoms with Crippen molar-refractivity contribution in [2.45, 2.75) is 24.5 Å². The van der Waals surface area contributed by atoms with Crippen molar-refractivity contribution in [2.24, 2.45) is 0 Å². The second kappa shape index (κ2) is 6.59. The number of fused-ring (bicyclic) bond motifs is 1. The Morgan fingerprint density at radius 2 is 1.83 bits per heavy atom. The lowest BCUT2D eigenvalue weighted by Gasteiger charge is -2.39. The van der Waals surface area contributed by atoms with Gasteiger partial charge in [0.2, 0.25) is 5.91 Å². The molecule has 3 rings (SSSR count). The summed E-state index contributed by atoms with van der Waals surface area (Å²) in [7, 11) is 5.87. The molecule has 23 heavy (non-hydrogen) atoms. The summed E-state index contributed by atoms with van der Waals surface area (Å²) in [6.45, 7) is 2.39. The van der Waals surface area contributed by atoms with Crippen LogP contribution in [0.5, 0.6) is 0 Å². The summed E-state index contributed by atoms with van der Waals surface area (Å²) in [6, 6.07) is 8.36. The van der Waals surface area contributed by atoms with Gasteiger partial charge in [0.1, 0.15) is 5.54 Å². The van der Waals surface area contributed by atoms with Crippen molar-refractivity contribution in [1.82, 2.24) is 9.80 Å². The van der Waals surface area contributed by atoms with E-state index in [9.17, 15) is 4.79 Å². The molecule has 0 N–H and O–H groups in total. The molecule has 0 spiro atoms. The molecule has 1 aromatic carbocycles. The van der Waals surface area contributed by atoms with Crippen molar-refractivity contribution in [1.29, 1.82) is 0 Å². The Hall–Kier alpha value is -1.43. The van der Waals surface area contributed by atoms with E-state index in [1.54, 1.807) is 0 Å². The van der Waals surface area contributed by atoms with Crippen molar-refractivity contribution in [3.8, 4) is 0 Å². The molecular formula is C18H26N2O3. The van der Waals surface area contributed by atoms with Crippen LogP contribution in [0.2, 0.25) is 0 Å². The number of carbonyl (C=O) groups is 1. The molecule has 5 heteroatoms. The van der Waals surface area contributed by atoms with Gasteiger partial charge in [0.05, 0.1) is 25.9 Å². The van der Waals surface area contributed by atoms with E-state index in [2.05, 4.69) is 17.0 Å². The van der Waals surface area contributed by atoms with Crippen molar-refractivity contribution < 1.29 is 14.3 Å². The first kappa shape index (κ1) is 16.4. The number of rotatable bonds is 4. The molecule has 0 radical (unpaired) electrons. The number of benzene rings is 1. The Balaban J connectivity index is 1.75. The zero-order valence-corrected chi connectivity index (χ0v) is 14.2. The van der Waals surface area contributed by atoms with Crippen molar-refractivity contribution >= 4 is 5.91 Å². The van der Waals surface area contributed by atoms with E-state index in [0.717, 1.165) is 12.8 Å². The molecule has 2 aliphatic rings. The highest BCUT2D eigenvalue weighted by atomic mass is 16.6. The minimum Gasteiger partial charge on any atom is -0.376 e. The van der Waals surface area contributed by atoms with E-state index in [0.29, 0.717) is 26.4 Å². The molecule has 1 amide bonds. The Labute approximate surface area is 138 Å². The molecule has 0 bridgehead atoms. The van der Waals surface area contributed by atoms with Gasteiger partial charge in [-0.25, -0.2) is 0 Å². The van der Waals surface area contributed by atoms with Gasteiger partial charge in [-0.3, -0.25) is 9.69 Å². The Morgan fingerprint density at radius 3 is 2.35 bits per heavy atom. The van der Waals surface area contributed by atoms with Gasteiger partial charge in [0, 0.05) is 26.4 Å². The summed E-state index contributed by atoms with van der Waals surface area (Å²) in [6.07, 6.45) is 1.50. The number of amides is 1. The predicted molar refractivity (Wildman–Crippen MR) is 88.5 cm³/mol. The number of hydrogen-bond donors (Lipinski definition) is 0. The Bertz CT molecular complexity index is 542. The van der Waals surface area contributed by atoms with Crippen LogP contribution in [0.1, 0.15) is 11.1 Å². The molecule has 1 aliphatic heterocycles. The lowest BCUT2D eigenvalue weighted by atomic mass is 9.92. The maximum atomic E-state index is 13.2. The first-order valence-corrected chi connectivity index (χ1v) is 8.22. The molecule has 1 heterocycles. The Morgan fingerprint density at radius 1 is 1.17 bits per heavy atom. The van der Waals surface area contributed by atoms with Crippen LogP contribution in [0, 0.1) is 0 Å². The summed E-state index contributed by atoms with van der Waals surface area (Å²) >= 11 is 0. The van der Waals surface area contributed by atoms with E-state index in [1.165, 1.54) is 11.1 Å². The van der Waals surface area contributed by atoms with E-state index >= 15 is 0 Å². The molecule has 0 saturated carbocycles. The van der Waals surface area contributed by atoms with Crippen LogP contribution in [0.15, 0.2) is 24.3 Å². The topological polar surface area (TPSA) is 42.0 Å².